The molecule has 1 aromatic carbocycles. The van der Waals surface area contributed by atoms with E-state index in [1.807, 2.05) is 25.1 Å². The molecule has 0 aliphatic rings. The van der Waals surface area contributed by atoms with E-state index in [0.717, 1.165) is 4.88 Å². The van der Waals surface area contributed by atoms with E-state index < -0.39 is 5.97 Å². The number of thiophene rings is 1. The van der Waals surface area contributed by atoms with E-state index in [1.165, 1.54) is 23.5 Å². The minimum atomic E-state index is -0.545. The van der Waals surface area contributed by atoms with Gasteiger partial charge in [-0.3, -0.25) is 9.20 Å². The number of fused-ring (bicyclic) bond motifs is 1. The Hall–Kier alpha value is -3.52. The van der Waals surface area contributed by atoms with Crippen LogP contribution in [0.25, 0.3) is 16.8 Å². The van der Waals surface area contributed by atoms with E-state index in [0.29, 0.717) is 33.2 Å². The van der Waals surface area contributed by atoms with E-state index in [2.05, 4.69) is 10.3 Å². The standard InChI is InChI=1S/C23H20FN3O3S/c1-4-30-23(29)19-18(15-8-10-16(24)11-9-15)14(3)31-22(19)26-21(28)20-13(2)25-17-7-5-6-12-27(17)20/h5-12H,4H2,1-3H3,(H,26,28). The van der Waals surface area contributed by atoms with Crippen molar-refractivity contribution in [2.24, 2.45) is 0 Å². The second-order valence-corrected chi connectivity index (χ2v) is 8.12. The molecular formula is C23H20FN3O3S. The summed E-state index contributed by atoms with van der Waals surface area (Å²) in [7, 11) is 0. The number of nitrogens with zero attached hydrogens (tertiary/aromatic N) is 2. The highest BCUT2D eigenvalue weighted by Crippen LogP contribution is 2.40. The molecule has 1 N–H and O–H groups in total. The van der Waals surface area contributed by atoms with Crippen LogP contribution < -0.4 is 5.32 Å². The lowest BCUT2D eigenvalue weighted by molar-refractivity contribution is 0.0529. The smallest absolute Gasteiger partial charge is 0.341 e. The average molecular weight is 437 g/mol. The zero-order valence-corrected chi connectivity index (χ0v) is 18.0. The lowest BCUT2D eigenvalue weighted by atomic mass is 10.0. The maximum absolute atomic E-state index is 13.4. The maximum Gasteiger partial charge on any atom is 0.341 e. The van der Waals surface area contributed by atoms with Gasteiger partial charge in [-0.1, -0.05) is 18.2 Å². The van der Waals surface area contributed by atoms with Crippen molar-refractivity contribution in [1.29, 1.82) is 0 Å². The summed E-state index contributed by atoms with van der Waals surface area (Å²) >= 11 is 1.27. The van der Waals surface area contributed by atoms with Gasteiger partial charge in [-0.15, -0.1) is 11.3 Å². The van der Waals surface area contributed by atoms with Crippen LogP contribution in [-0.4, -0.2) is 27.9 Å². The Morgan fingerprint density at radius 3 is 2.61 bits per heavy atom. The third-order valence-electron chi connectivity index (χ3n) is 4.84. The Kier molecular flexibility index (Phi) is 5.56. The predicted octanol–water partition coefficient (Wildman–Crippen LogP) is 5.25. The molecule has 0 atom stereocenters. The molecule has 31 heavy (non-hydrogen) atoms. The number of aromatic nitrogens is 2. The quantitative estimate of drug-likeness (QED) is 0.433. The molecule has 0 aliphatic heterocycles. The SMILES string of the molecule is CCOC(=O)c1c(NC(=O)c2c(C)nc3ccccn23)sc(C)c1-c1ccc(F)cc1. The summed E-state index contributed by atoms with van der Waals surface area (Å²) in [6.07, 6.45) is 1.76. The normalized spacial score (nSPS) is 11.0. The number of halogens is 1. The molecule has 158 valence electrons. The molecule has 0 unspecified atom stereocenters. The van der Waals surface area contributed by atoms with E-state index >= 15 is 0 Å². The van der Waals surface area contributed by atoms with Gasteiger partial charge in [0.25, 0.3) is 5.91 Å². The van der Waals surface area contributed by atoms with Gasteiger partial charge in [0.1, 0.15) is 27.7 Å². The number of carbonyl (C=O) groups excluding carboxylic acids is 2. The fourth-order valence-electron chi connectivity index (χ4n) is 3.54. The second-order valence-electron chi connectivity index (χ2n) is 6.89. The summed E-state index contributed by atoms with van der Waals surface area (Å²) in [6.45, 7) is 5.52. The molecule has 0 bridgehead atoms. The molecule has 0 fully saturated rings. The summed E-state index contributed by atoms with van der Waals surface area (Å²) < 4.78 is 20.4. The number of aryl methyl sites for hydroxylation is 2. The molecular weight excluding hydrogens is 417 g/mol. The molecule has 4 aromatic rings. The summed E-state index contributed by atoms with van der Waals surface area (Å²) in [5.41, 5.74) is 3.17. The monoisotopic (exact) mass is 437 g/mol. The van der Waals surface area contributed by atoms with Gasteiger partial charge in [-0.2, -0.15) is 0 Å². The Morgan fingerprint density at radius 1 is 1.16 bits per heavy atom. The van der Waals surface area contributed by atoms with Crippen LogP contribution in [0.2, 0.25) is 0 Å². The fraction of sp³-hybridized carbons (Fsp3) is 0.174. The Bertz CT molecular complexity index is 1290. The number of hydrogen-bond acceptors (Lipinski definition) is 5. The molecule has 6 nitrogen and oxygen atoms in total. The first-order chi connectivity index (χ1) is 14.9. The predicted molar refractivity (Wildman–Crippen MR) is 118 cm³/mol. The number of amides is 1. The number of benzene rings is 1. The molecule has 0 saturated carbocycles. The zero-order chi connectivity index (χ0) is 22.1. The number of nitrogens with one attached hydrogen (secondary N) is 1. The zero-order valence-electron chi connectivity index (χ0n) is 17.2. The largest absolute Gasteiger partial charge is 0.462 e. The van der Waals surface area contributed by atoms with Crippen LogP contribution in [0.4, 0.5) is 9.39 Å². The molecule has 4 rings (SSSR count). The lowest BCUT2D eigenvalue weighted by Gasteiger charge is -2.09. The Morgan fingerprint density at radius 2 is 1.90 bits per heavy atom. The van der Waals surface area contributed by atoms with Crippen molar-refractivity contribution < 1.29 is 18.7 Å². The summed E-state index contributed by atoms with van der Waals surface area (Å²) in [4.78, 5) is 31.2. The van der Waals surface area contributed by atoms with Gasteiger partial charge in [-0.05, 0) is 50.6 Å². The van der Waals surface area contributed by atoms with Gasteiger partial charge < -0.3 is 10.1 Å². The number of rotatable bonds is 5. The van der Waals surface area contributed by atoms with Crippen molar-refractivity contribution in [2.45, 2.75) is 20.8 Å². The fourth-order valence-corrected chi connectivity index (χ4v) is 4.60. The molecule has 3 heterocycles. The van der Waals surface area contributed by atoms with Crippen LogP contribution in [-0.2, 0) is 4.74 Å². The highest BCUT2D eigenvalue weighted by Gasteiger charge is 2.27. The molecule has 0 saturated heterocycles. The highest BCUT2D eigenvalue weighted by molar-refractivity contribution is 7.17. The van der Waals surface area contributed by atoms with Crippen molar-refractivity contribution in [3.05, 3.63) is 76.3 Å². The summed E-state index contributed by atoms with van der Waals surface area (Å²) in [6, 6.07) is 11.4. The minimum absolute atomic E-state index is 0.191. The topological polar surface area (TPSA) is 72.7 Å². The molecule has 8 heteroatoms. The van der Waals surface area contributed by atoms with Crippen molar-refractivity contribution in [3.63, 3.8) is 0 Å². The van der Waals surface area contributed by atoms with E-state index in [1.54, 1.807) is 36.6 Å². The maximum atomic E-state index is 13.4. The van der Waals surface area contributed by atoms with E-state index in [-0.39, 0.29) is 23.9 Å². The molecule has 0 radical (unpaired) electrons. The van der Waals surface area contributed by atoms with Gasteiger partial charge in [0.2, 0.25) is 0 Å². The van der Waals surface area contributed by atoms with Gasteiger partial charge in [0.05, 0.1) is 12.3 Å². The second kappa shape index (κ2) is 8.31. The Balaban J connectivity index is 1.80. The minimum Gasteiger partial charge on any atom is -0.462 e. The van der Waals surface area contributed by atoms with Crippen LogP contribution >= 0.6 is 11.3 Å². The summed E-state index contributed by atoms with van der Waals surface area (Å²) in [5.74, 6) is -1.30. The van der Waals surface area contributed by atoms with Crippen molar-refractivity contribution >= 4 is 33.9 Å². The van der Waals surface area contributed by atoms with E-state index in [9.17, 15) is 14.0 Å². The summed E-state index contributed by atoms with van der Waals surface area (Å²) in [5, 5.41) is 3.25. The number of carbonyl (C=O) groups is 2. The van der Waals surface area contributed by atoms with Crippen LogP contribution in [0.1, 0.15) is 38.3 Å². The van der Waals surface area contributed by atoms with Crippen molar-refractivity contribution in [3.8, 4) is 11.1 Å². The molecule has 0 aliphatic carbocycles. The van der Waals surface area contributed by atoms with Crippen LogP contribution in [0.15, 0.2) is 48.7 Å². The first kappa shape index (κ1) is 20.7. The van der Waals surface area contributed by atoms with Crippen LogP contribution in [0, 0.1) is 19.7 Å². The van der Waals surface area contributed by atoms with Gasteiger partial charge >= 0.3 is 5.97 Å². The molecule has 1 amide bonds. The van der Waals surface area contributed by atoms with Gasteiger partial charge in [0.15, 0.2) is 0 Å². The van der Waals surface area contributed by atoms with Crippen LogP contribution in [0.5, 0.6) is 0 Å². The van der Waals surface area contributed by atoms with Gasteiger partial charge in [0, 0.05) is 16.6 Å². The number of pyridine rings is 1. The van der Waals surface area contributed by atoms with E-state index in [4.69, 9.17) is 4.74 Å². The van der Waals surface area contributed by atoms with Crippen molar-refractivity contribution in [2.75, 3.05) is 11.9 Å². The number of hydrogen-bond donors (Lipinski definition) is 1. The third kappa shape index (κ3) is 3.82. The van der Waals surface area contributed by atoms with Crippen molar-refractivity contribution in [1.82, 2.24) is 9.38 Å². The lowest BCUT2D eigenvalue weighted by Crippen LogP contribution is -2.17. The first-order valence-electron chi connectivity index (χ1n) is 9.72. The third-order valence-corrected chi connectivity index (χ3v) is 5.86. The number of anilines is 1. The number of imidazole rings is 1. The number of ether oxygens (including phenoxy) is 1. The van der Waals surface area contributed by atoms with Gasteiger partial charge in [-0.25, -0.2) is 14.2 Å². The Labute approximate surface area is 182 Å². The first-order valence-corrected chi connectivity index (χ1v) is 10.5. The average Bonchev–Trinajstić information content (AvgIpc) is 3.24. The molecule has 0 spiro atoms. The van der Waals surface area contributed by atoms with Crippen LogP contribution in [0.3, 0.4) is 0 Å². The number of esters is 1. The molecule has 3 aromatic heterocycles. The highest BCUT2D eigenvalue weighted by atomic mass is 32.1.